The average Bonchev–Trinajstić information content (AvgIpc) is 3.17. The minimum Gasteiger partial charge on any atom is -0.494 e. The van der Waals surface area contributed by atoms with Crippen molar-refractivity contribution >= 4 is 37.3 Å². The van der Waals surface area contributed by atoms with Crippen LogP contribution < -0.4 is 4.74 Å². The number of halogens is 2. The lowest BCUT2D eigenvalue weighted by Gasteiger charge is -2.12. The van der Waals surface area contributed by atoms with Crippen molar-refractivity contribution in [3.05, 3.63) is 22.7 Å². The highest BCUT2D eigenvalue weighted by atomic mass is 35.7. The third-order valence-electron chi connectivity index (χ3n) is 2.85. The number of esters is 1. The quantitative estimate of drug-likeness (QED) is 0.609. The summed E-state index contributed by atoms with van der Waals surface area (Å²) in [5.74, 6) is -0.455. The van der Waals surface area contributed by atoms with Gasteiger partial charge in [-0.1, -0.05) is 11.6 Å². The molecule has 0 N–H and O–H groups in total. The Labute approximate surface area is 126 Å². The van der Waals surface area contributed by atoms with Gasteiger partial charge in [0.05, 0.1) is 13.7 Å². The molecule has 0 radical (unpaired) electrons. The Balaban J connectivity index is 2.40. The van der Waals surface area contributed by atoms with Crippen LogP contribution in [-0.4, -0.2) is 28.1 Å². The van der Waals surface area contributed by atoms with Crippen LogP contribution in [0.25, 0.3) is 0 Å². The number of benzene rings is 1. The highest BCUT2D eigenvalue weighted by Gasteiger charge is 2.27. The fraction of sp³-hybridized carbons (Fsp3) is 0.417. The average molecular weight is 339 g/mol. The SMILES string of the molecule is COc1c(C(=O)OCC2CC2)cc(Cl)cc1S(=O)(=O)Cl. The molecule has 2 rings (SSSR count). The van der Waals surface area contributed by atoms with Crippen LogP contribution in [0, 0.1) is 5.92 Å². The Kier molecular flexibility index (Phi) is 4.46. The van der Waals surface area contributed by atoms with Gasteiger partial charge >= 0.3 is 5.97 Å². The van der Waals surface area contributed by atoms with Crippen molar-refractivity contribution in [2.45, 2.75) is 17.7 Å². The van der Waals surface area contributed by atoms with E-state index in [1.807, 2.05) is 0 Å². The maximum absolute atomic E-state index is 12.0. The largest absolute Gasteiger partial charge is 0.494 e. The molecule has 1 aliphatic carbocycles. The predicted molar refractivity (Wildman–Crippen MR) is 74.0 cm³/mol. The van der Waals surface area contributed by atoms with E-state index < -0.39 is 15.0 Å². The van der Waals surface area contributed by atoms with E-state index in [4.69, 9.17) is 31.8 Å². The molecule has 110 valence electrons. The Morgan fingerprint density at radius 3 is 2.55 bits per heavy atom. The van der Waals surface area contributed by atoms with Crippen LogP contribution in [0.3, 0.4) is 0 Å². The van der Waals surface area contributed by atoms with Gasteiger partial charge in [-0.3, -0.25) is 0 Å². The maximum Gasteiger partial charge on any atom is 0.342 e. The molecule has 0 heterocycles. The lowest BCUT2D eigenvalue weighted by Crippen LogP contribution is -2.11. The Morgan fingerprint density at radius 1 is 1.40 bits per heavy atom. The van der Waals surface area contributed by atoms with E-state index in [1.54, 1.807) is 0 Å². The van der Waals surface area contributed by atoms with Crippen LogP contribution >= 0.6 is 22.3 Å². The highest BCUT2D eigenvalue weighted by Crippen LogP contribution is 2.35. The van der Waals surface area contributed by atoms with E-state index >= 15 is 0 Å². The number of rotatable bonds is 5. The van der Waals surface area contributed by atoms with Crippen molar-refractivity contribution in [1.29, 1.82) is 0 Å². The summed E-state index contributed by atoms with van der Waals surface area (Å²) >= 11 is 5.82. The second kappa shape index (κ2) is 5.79. The smallest absolute Gasteiger partial charge is 0.342 e. The third kappa shape index (κ3) is 3.56. The van der Waals surface area contributed by atoms with E-state index in [2.05, 4.69) is 0 Å². The summed E-state index contributed by atoms with van der Waals surface area (Å²) in [6.07, 6.45) is 2.06. The number of hydrogen-bond acceptors (Lipinski definition) is 5. The number of carbonyl (C=O) groups is 1. The molecule has 0 saturated heterocycles. The molecule has 0 unspecified atom stereocenters. The molecule has 8 heteroatoms. The van der Waals surface area contributed by atoms with Gasteiger partial charge in [-0.05, 0) is 30.9 Å². The van der Waals surface area contributed by atoms with Gasteiger partial charge in [0.25, 0.3) is 9.05 Å². The predicted octanol–water partition coefficient (Wildman–Crippen LogP) is 2.84. The minimum absolute atomic E-state index is 0.0557. The highest BCUT2D eigenvalue weighted by molar-refractivity contribution is 8.13. The van der Waals surface area contributed by atoms with Crippen molar-refractivity contribution in [2.24, 2.45) is 5.92 Å². The lowest BCUT2D eigenvalue weighted by atomic mass is 10.2. The molecule has 1 aliphatic rings. The van der Waals surface area contributed by atoms with E-state index in [1.165, 1.54) is 13.2 Å². The van der Waals surface area contributed by atoms with E-state index in [0.29, 0.717) is 12.5 Å². The monoisotopic (exact) mass is 338 g/mol. The van der Waals surface area contributed by atoms with E-state index in [-0.39, 0.29) is 21.2 Å². The zero-order valence-corrected chi connectivity index (χ0v) is 12.9. The Hall–Kier alpha value is -0.980. The number of methoxy groups -OCH3 is 1. The fourth-order valence-corrected chi connectivity index (χ4v) is 2.98. The van der Waals surface area contributed by atoms with Gasteiger partial charge in [0.2, 0.25) is 0 Å². The van der Waals surface area contributed by atoms with Crippen LogP contribution in [0.2, 0.25) is 5.02 Å². The second-order valence-corrected chi connectivity index (χ2v) is 7.44. The number of ether oxygens (including phenoxy) is 2. The van der Waals surface area contributed by atoms with Gasteiger partial charge in [0, 0.05) is 15.7 Å². The molecular formula is C12H12Cl2O5S. The topological polar surface area (TPSA) is 69.7 Å². The number of hydrogen-bond donors (Lipinski definition) is 0. The first-order chi connectivity index (χ1) is 9.32. The van der Waals surface area contributed by atoms with E-state index in [0.717, 1.165) is 18.9 Å². The zero-order valence-electron chi connectivity index (χ0n) is 10.6. The molecule has 20 heavy (non-hydrogen) atoms. The summed E-state index contributed by atoms with van der Waals surface area (Å²) in [4.78, 5) is 11.6. The molecule has 1 fully saturated rings. The van der Waals surface area contributed by atoms with Crippen LogP contribution in [0.15, 0.2) is 17.0 Å². The molecule has 0 bridgehead atoms. The molecular weight excluding hydrogens is 327 g/mol. The van der Waals surface area contributed by atoms with Crippen molar-refractivity contribution in [3.8, 4) is 5.75 Å². The fourth-order valence-electron chi connectivity index (χ4n) is 1.67. The zero-order chi connectivity index (χ0) is 14.9. The molecule has 0 aliphatic heterocycles. The number of carbonyl (C=O) groups excluding carboxylic acids is 1. The Morgan fingerprint density at radius 2 is 2.05 bits per heavy atom. The maximum atomic E-state index is 12.0. The first-order valence-corrected chi connectivity index (χ1v) is 8.51. The van der Waals surface area contributed by atoms with Gasteiger partial charge in [-0.25, -0.2) is 13.2 Å². The summed E-state index contributed by atoms with van der Waals surface area (Å²) < 4.78 is 33.1. The first-order valence-electron chi connectivity index (χ1n) is 5.82. The van der Waals surface area contributed by atoms with E-state index in [9.17, 15) is 13.2 Å². The van der Waals surface area contributed by atoms with Crippen molar-refractivity contribution in [2.75, 3.05) is 13.7 Å². The van der Waals surface area contributed by atoms with Gasteiger partial charge in [0.1, 0.15) is 10.5 Å². The molecule has 5 nitrogen and oxygen atoms in total. The summed E-state index contributed by atoms with van der Waals surface area (Å²) in [5.41, 5.74) is -0.0557. The summed E-state index contributed by atoms with van der Waals surface area (Å²) in [6.45, 7) is 0.303. The van der Waals surface area contributed by atoms with Gasteiger partial charge in [-0.2, -0.15) is 0 Å². The summed E-state index contributed by atoms with van der Waals surface area (Å²) in [7, 11) is 2.46. The first kappa shape index (κ1) is 15.4. The standard InChI is InChI=1S/C12H12Cl2O5S/c1-18-11-9(12(15)19-6-7-2-3-7)4-8(13)5-10(11)20(14,16)17/h4-5,7H,2-3,6H2,1H3. The normalized spacial score (nSPS) is 14.9. The van der Waals surface area contributed by atoms with Crippen LogP contribution in [0.1, 0.15) is 23.2 Å². The minimum atomic E-state index is -4.09. The molecule has 0 amide bonds. The summed E-state index contributed by atoms with van der Waals surface area (Å²) in [5, 5.41) is 0.0587. The Bertz CT molecular complexity index is 637. The molecule has 0 spiro atoms. The summed E-state index contributed by atoms with van der Waals surface area (Å²) in [6, 6.07) is 2.42. The van der Waals surface area contributed by atoms with Gasteiger partial charge < -0.3 is 9.47 Å². The van der Waals surface area contributed by atoms with Crippen LogP contribution in [-0.2, 0) is 13.8 Å². The lowest BCUT2D eigenvalue weighted by molar-refractivity contribution is 0.0482. The van der Waals surface area contributed by atoms with Gasteiger partial charge in [-0.15, -0.1) is 0 Å². The van der Waals surface area contributed by atoms with Crippen LogP contribution in [0.4, 0.5) is 0 Å². The van der Waals surface area contributed by atoms with Crippen molar-refractivity contribution in [1.82, 2.24) is 0 Å². The molecule has 1 aromatic rings. The third-order valence-corrected chi connectivity index (χ3v) is 4.40. The molecule has 0 aromatic heterocycles. The second-order valence-electron chi connectivity index (χ2n) is 4.46. The van der Waals surface area contributed by atoms with Gasteiger partial charge in [0.15, 0.2) is 5.75 Å². The molecule has 0 atom stereocenters. The van der Waals surface area contributed by atoms with Crippen molar-refractivity contribution < 1.29 is 22.7 Å². The van der Waals surface area contributed by atoms with Crippen LogP contribution in [0.5, 0.6) is 5.75 Å². The molecule has 1 aromatic carbocycles. The molecule has 1 saturated carbocycles. The van der Waals surface area contributed by atoms with Crippen molar-refractivity contribution in [3.63, 3.8) is 0 Å².